The second-order valence-corrected chi connectivity index (χ2v) is 9.33. The summed E-state index contributed by atoms with van der Waals surface area (Å²) >= 11 is 0. The molecule has 1 atom stereocenters. The molecule has 2 N–H and O–H groups in total. The quantitative estimate of drug-likeness (QED) is 0.278. The molecule has 1 unspecified atom stereocenters. The smallest absolute Gasteiger partial charge is 0.116 e. The van der Waals surface area contributed by atoms with Gasteiger partial charge in [0.1, 0.15) is 11.5 Å². The fourth-order valence-corrected chi connectivity index (χ4v) is 5.69. The molecule has 166 valence electrons. The summed E-state index contributed by atoms with van der Waals surface area (Å²) in [7, 11) is 0. The Bertz CT molecular complexity index is 1780. The minimum atomic E-state index is 0.150. The van der Waals surface area contributed by atoms with Gasteiger partial charge in [-0.3, -0.25) is 0 Å². The average Bonchev–Trinajstić information content (AvgIpc) is 3.23. The summed E-state index contributed by atoms with van der Waals surface area (Å²) in [6, 6.07) is 39.4. The number of fused-ring (bicyclic) bond motifs is 5. The summed E-state index contributed by atoms with van der Waals surface area (Å²) < 4.78 is 0. The number of aromatic hydroxyl groups is 2. The summed E-state index contributed by atoms with van der Waals surface area (Å²) in [5.74, 6) is 0.724. The van der Waals surface area contributed by atoms with Crippen LogP contribution in [0.3, 0.4) is 0 Å². The second-order valence-electron chi connectivity index (χ2n) is 9.33. The van der Waals surface area contributed by atoms with Gasteiger partial charge in [-0.05, 0) is 90.8 Å². The molecule has 2 nitrogen and oxygen atoms in total. The molecule has 0 saturated heterocycles. The van der Waals surface area contributed by atoms with Gasteiger partial charge < -0.3 is 10.2 Å². The highest BCUT2D eigenvalue weighted by molar-refractivity contribution is 5.96. The van der Waals surface area contributed by atoms with Gasteiger partial charge in [-0.15, -0.1) is 0 Å². The van der Waals surface area contributed by atoms with Gasteiger partial charge in [0.2, 0.25) is 0 Å². The standard InChI is InChI=1S/C33H22O2/c34-26-14-12-20-16-24(10-8-22(20)18-26)28-6-3-7-31-32(29-4-1-2-5-30(29)33(28)31)25-11-9-23-19-27(35)15-13-21(23)17-25/h1-19,32,34-35H. The molecule has 7 rings (SSSR count). The number of benzene rings is 6. The second kappa shape index (κ2) is 7.48. The van der Waals surface area contributed by atoms with E-state index in [1.165, 1.54) is 38.9 Å². The third-order valence-electron chi connectivity index (χ3n) is 7.26. The first-order valence-corrected chi connectivity index (χ1v) is 11.8. The first-order valence-electron chi connectivity index (χ1n) is 11.8. The zero-order valence-electron chi connectivity index (χ0n) is 18.9. The van der Waals surface area contributed by atoms with Crippen LogP contribution in [0.15, 0.2) is 115 Å². The number of rotatable bonds is 2. The first-order chi connectivity index (χ1) is 17.2. The Labute approximate surface area is 203 Å². The van der Waals surface area contributed by atoms with Crippen molar-refractivity contribution in [2.24, 2.45) is 0 Å². The van der Waals surface area contributed by atoms with Gasteiger partial charge in [0.05, 0.1) is 0 Å². The molecule has 6 aromatic carbocycles. The Kier molecular flexibility index (Phi) is 4.24. The van der Waals surface area contributed by atoms with Crippen LogP contribution in [0.2, 0.25) is 0 Å². The van der Waals surface area contributed by atoms with Crippen LogP contribution >= 0.6 is 0 Å². The molecule has 1 aliphatic rings. The van der Waals surface area contributed by atoms with Gasteiger partial charge in [0, 0.05) is 5.92 Å². The molecule has 6 aromatic rings. The van der Waals surface area contributed by atoms with E-state index in [-0.39, 0.29) is 17.4 Å². The minimum absolute atomic E-state index is 0.150. The minimum Gasteiger partial charge on any atom is -0.508 e. The predicted octanol–water partition coefficient (Wildman–Crippen LogP) is 8.23. The maximum atomic E-state index is 9.88. The van der Waals surface area contributed by atoms with Crippen LogP contribution in [-0.4, -0.2) is 10.2 Å². The Hall–Kier alpha value is -4.56. The Morgan fingerprint density at radius 1 is 0.457 bits per heavy atom. The van der Waals surface area contributed by atoms with E-state index in [9.17, 15) is 10.2 Å². The van der Waals surface area contributed by atoms with E-state index in [4.69, 9.17) is 0 Å². The summed E-state index contributed by atoms with van der Waals surface area (Å²) in [5, 5.41) is 24.0. The molecule has 0 fully saturated rings. The van der Waals surface area contributed by atoms with E-state index < -0.39 is 0 Å². The fourth-order valence-electron chi connectivity index (χ4n) is 5.69. The highest BCUT2D eigenvalue weighted by Crippen LogP contribution is 2.51. The lowest BCUT2D eigenvalue weighted by atomic mass is 9.87. The van der Waals surface area contributed by atoms with Crippen molar-refractivity contribution in [2.45, 2.75) is 5.92 Å². The fraction of sp³-hybridized carbons (Fsp3) is 0.0303. The largest absolute Gasteiger partial charge is 0.508 e. The Morgan fingerprint density at radius 3 is 1.86 bits per heavy atom. The molecular weight excluding hydrogens is 428 g/mol. The van der Waals surface area contributed by atoms with Crippen molar-refractivity contribution in [2.75, 3.05) is 0 Å². The van der Waals surface area contributed by atoms with Crippen molar-refractivity contribution in [3.05, 3.63) is 132 Å². The van der Waals surface area contributed by atoms with Gasteiger partial charge >= 0.3 is 0 Å². The van der Waals surface area contributed by atoms with Crippen molar-refractivity contribution < 1.29 is 10.2 Å². The van der Waals surface area contributed by atoms with Gasteiger partial charge in [-0.1, -0.05) is 84.9 Å². The molecule has 0 amide bonds. The molecular formula is C33H22O2. The van der Waals surface area contributed by atoms with Crippen LogP contribution in [0.25, 0.3) is 43.8 Å². The van der Waals surface area contributed by atoms with Crippen molar-refractivity contribution in [3.63, 3.8) is 0 Å². The lowest BCUT2D eigenvalue weighted by Gasteiger charge is -2.16. The van der Waals surface area contributed by atoms with E-state index in [0.29, 0.717) is 0 Å². The van der Waals surface area contributed by atoms with Crippen molar-refractivity contribution in [3.8, 4) is 33.8 Å². The van der Waals surface area contributed by atoms with Gasteiger partial charge in [-0.2, -0.15) is 0 Å². The zero-order valence-corrected chi connectivity index (χ0v) is 18.9. The van der Waals surface area contributed by atoms with Crippen LogP contribution in [-0.2, 0) is 0 Å². The van der Waals surface area contributed by atoms with Gasteiger partial charge in [0.25, 0.3) is 0 Å². The summed E-state index contributed by atoms with van der Waals surface area (Å²) in [6.07, 6.45) is 0. The normalized spacial score (nSPS) is 14.2. The van der Waals surface area contributed by atoms with Gasteiger partial charge in [0.15, 0.2) is 0 Å². The zero-order chi connectivity index (χ0) is 23.5. The SMILES string of the molecule is Oc1ccc2cc(-c3cccc4c3-c3ccccc3C4c3ccc4cc(O)ccc4c3)ccc2c1. The van der Waals surface area contributed by atoms with Gasteiger partial charge in [-0.25, -0.2) is 0 Å². The van der Waals surface area contributed by atoms with Crippen LogP contribution < -0.4 is 0 Å². The summed E-state index contributed by atoms with van der Waals surface area (Å²) in [5.41, 5.74) is 8.84. The highest BCUT2D eigenvalue weighted by Gasteiger charge is 2.31. The Morgan fingerprint density at radius 2 is 1.06 bits per heavy atom. The van der Waals surface area contributed by atoms with Crippen molar-refractivity contribution >= 4 is 21.5 Å². The average molecular weight is 451 g/mol. The molecule has 2 heteroatoms. The number of phenolic OH excluding ortho intramolecular Hbond substituents is 2. The molecule has 0 radical (unpaired) electrons. The molecule has 1 aliphatic carbocycles. The topological polar surface area (TPSA) is 40.5 Å². The third kappa shape index (κ3) is 3.11. The first kappa shape index (κ1) is 19.9. The predicted molar refractivity (Wildman–Crippen MR) is 143 cm³/mol. The third-order valence-corrected chi connectivity index (χ3v) is 7.26. The van der Waals surface area contributed by atoms with E-state index in [1.54, 1.807) is 18.2 Å². The molecule has 0 aliphatic heterocycles. The molecule has 35 heavy (non-hydrogen) atoms. The molecule has 0 spiro atoms. The lowest BCUT2D eigenvalue weighted by Crippen LogP contribution is -1.99. The summed E-state index contributed by atoms with van der Waals surface area (Å²) in [4.78, 5) is 0. The Balaban J connectivity index is 1.44. The number of hydrogen-bond donors (Lipinski definition) is 2. The van der Waals surface area contributed by atoms with Crippen molar-refractivity contribution in [1.29, 1.82) is 0 Å². The van der Waals surface area contributed by atoms with E-state index in [0.717, 1.165) is 21.5 Å². The molecule has 0 saturated carbocycles. The highest BCUT2D eigenvalue weighted by atomic mass is 16.3. The molecule has 0 aromatic heterocycles. The van der Waals surface area contributed by atoms with E-state index in [2.05, 4.69) is 78.9 Å². The monoisotopic (exact) mass is 450 g/mol. The molecule has 0 heterocycles. The molecule has 0 bridgehead atoms. The maximum absolute atomic E-state index is 9.88. The number of hydrogen-bond acceptors (Lipinski definition) is 2. The number of phenols is 2. The lowest BCUT2D eigenvalue weighted by molar-refractivity contribution is 0.475. The van der Waals surface area contributed by atoms with E-state index >= 15 is 0 Å². The van der Waals surface area contributed by atoms with E-state index in [1.807, 2.05) is 18.2 Å². The van der Waals surface area contributed by atoms with Crippen molar-refractivity contribution in [1.82, 2.24) is 0 Å². The summed E-state index contributed by atoms with van der Waals surface area (Å²) in [6.45, 7) is 0. The van der Waals surface area contributed by atoms with Crippen LogP contribution in [0.4, 0.5) is 0 Å². The van der Waals surface area contributed by atoms with Crippen LogP contribution in [0.1, 0.15) is 22.6 Å². The maximum Gasteiger partial charge on any atom is 0.116 e. The van der Waals surface area contributed by atoms with Crippen LogP contribution in [0, 0.1) is 0 Å². The van der Waals surface area contributed by atoms with Crippen LogP contribution in [0.5, 0.6) is 11.5 Å².